The summed E-state index contributed by atoms with van der Waals surface area (Å²) in [6, 6.07) is 11.4. The Balaban J connectivity index is 1.95. The first-order chi connectivity index (χ1) is 14.5. The van der Waals surface area contributed by atoms with Crippen molar-refractivity contribution in [1.82, 2.24) is 4.90 Å². The molecule has 0 radical (unpaired) electrons. The Bertz CT molecular complexity index is 1000. The van der Waals surface area contributed by atoms with Gasteiger partial charge in [0, 0.05) is 19.0 Å². The predicted octanol–water partition coefficient (Wildman–Crippen LogP) is 2.58. The summed E-state index contributed by atoms with van der Waals surface area (Å²) in [4.78, 5) is 40.2. The van der Waals surface area contributed by atoms with Crippen LogP contribution in [0.25, 0.3) is 10.8 Å². The van der Waals surface area contributed by atoms with Gasteiger partial charge in [-0.15, -0.1) is 0 Å². The van der Waals surface area contributed by atoms with E-state index in [1.165, 1.54) is 21.3 Å². The van der Waals surface area contributed by atoms with E-state index in [4.69, 9.17) is 14.2 Å². The van der Waals surface area contributed by atoms with Crippen molar-refractivity contribution in [1.29, 1.82) is 0 Å². The van der Waals surface area contributed by atoms with Crippen LogP contribution < -0.4 is 0 Å². The molecule has 2 aromatic rings. The number of ether oxygens (including phenoxy) is 3. The molecule has 30 heavy (non-hydrogen) atoms. The standard InChI is InChI=1S/C23H25NO6/c1-28-18(25)12-15-13-24-11-10-23(21(26)29-2,22(27)30-3)20(24)17-9-8-14-6-4-5-7-16(14)19(15)17/h4-9,15,20H,10-13H2,1-3H3/t15-,20-/m1/s1. The fourth-order valence-electron chi connectivity index (χ4n) is 5.26. The van der Waals surface area contributed by atoms with Crippen molar-refractivity contribution < 1.29 is 28.6 Å². The Hall–Kier alpha value is -2.93. The highest BCUT2D eigenvalue weighted by atomic mass is 16.5. The van der Waals surface area contributed by atoms with Crippen LogP contribution in [0.5, 0.6) is 0 Å². The van der Waals surface area contributed by atoms with Gasteiger partial charge in [-0.3, -0.25) is 19.3 Å². The molecule has 158 valence electrons. The molecular weight excluding hydrogens is 386 g/mol. The summed E-state index contributed by atoms with van der Waals surface area (Å²) in [5.41, 5.74) is 0.415. The predicted molar refractivity (Wildman–Crippen MR) is 109 cm³/mol. The Morgan fingerprint density at radius 2 is 1.70 bits per heavy atom. The van der Waals surface area contributed by atoms with Crippen LogP contribution in [0.15, 0.2) is 36.4 Å². The molecule has 0 saturated carbocycles. The van der Waals surface area contributed by atoms with Crippen LogP contribution in [0.2, 0.25) is 0 Å². The molecule has 1 saturated heterocycles. The number of rotatable bonds is 4. The minimum Gasteiger partial charge on any atom is -0.469 e. The van der Waals surface area contributed by atoms with E-state index in [0.717, 1.165) is 21.9 Å². The molecule has 1 fully saturated rings. The number of nitrogens with zero attached hydrogens (tertiary/aromatic N) is 1. The summed E-state index contributed by atoms with van der Waals surface area (Å²) in [6.07, 6.45) is 0.526. The Kier molecular flexibility index (Phi) is 5.24. The highest BCUT2D eigenvalue weighted by Crippen LogP contribution is 2.55. The van der Waals surface area contributed by atoms with Crippen LogP contribution in [0.1, 0.15) is 35.9 Å². The molecule has 2 aliphatic rings. The van der Waals surface area contributed by atoms with Gasteiger partial charge in [-0.2, -0.15) is 0 Å². The first kappa shape index (κ1) is 20.3. The number of fused-ring (bicyclic) bond motifs is 5. The molecule has 7 heteroatoms. The van der Waals surface area contributed by atoms with Crippen molar-refractivity contribution in [3.05, 3.63) is 47.5 Å². The number of carbonyl (C=O) groups excluding carboxylic acids is 3. The zero-order valence-electron chi connectivity index (χ0n) is 17.3. The van der Waals surface area contributed by atoms with Gasteiger partial charge in [-0.25, -0.2) is 0 Å². The topological polar surface area (TPSA) is 82.1 Å². The van der Waals surface area contributed by atoms with Gasteiger partial charge in [-0.1, -0.05) is 36.4 Å². The Labute approximate surface area is 174 Å². The average Bonchev–Trinajstić information content (AvgIpc) is 3.17. The van der Waals surface area contributed by atoms with Crippen LogP contribution in [0.4, 0.5) is 0 Å². The molecular formula is C23H25NO6. The van der Waals surface area contributed by atoms with Gasteiger partial charge >= 0.3 is 17.9 Å². The molecule has 0 aliphatic carbocycles. The lowest BCUT2D eigenvalue weighted by Gasteiger charge is -2.42. The monoisotopic (exact) mass is 411 g/mol. The van der Waals surface area contributed by atoms with Crippen LogP contribution in [0, 0.1) is 5.41 Å². The number of hydrogen-bond donors (Lipinski definition) is 0. The molecule has 2 aromatic carbocycles. The van der Waals surface area contributed by atoms with E-state index in [-0.39, 0.29) is 18.3 Å². The molecule has 0 bridgehead atoms. The summed E-state index contributed by atoms with van der Waals surface area (Å²) in [5.74, 6) is -1.58. The number of carbonyl (C=O) groups is 3. The van der Waals surface area contributed by atoms with Crippen LogP contribution in [-0.2, 0) is 28.6 Å². The molecule has 2 atom stereocenters. The zero-order chi connectivity index (χ0) is 21.5. The third kappa shape index (κ3) is 2.88. The molecule has 4 rings (SSSR count). The molecule has 0 amide bonds. The molecule has 0 aromatic heterocycles. The van der Waals surface area contributed by atoms with Gasteiger partial charge in [-0.05, 0) is 28.3 Å². The normalized spacial score (nSPS) is 22.1. The lowest BCUT2D eigenvalue weighted by atomic mass is 9.71. The first-order valence-electron chi connectivity index (χ1n) is 9.97. The second kappa shape index (κ2) is 7.72. The van der Waals surface area contributed by atoms with Crippen molar-refractivity contribution in [2.75, 3.05) is 34.4 Å². The molecule has 0 N–H and O–H groups in total. The van der Waals surface area contributed by atoms with Gasteiger partial charge in [0.15, 0.2) is 5.41 Å². The van der Waals surface area contributed by atoms with Crippen molar-refractivity contribution in [3.63, 3.8) is 0 Å². The van der Waals surface area contributed by atoms with Crippen molar-refractivity contribution >= 4 is 28.7 Å². The summed E-state index contributed by atoms with van der Waals surface area (Å²) >= 11 is 0. The molecule has 2 aliphatic heterocycles. The van der Waals surface area contributed by atoms with Gasteiger partial charge in [0.25, 0.3) is 0 Å². The maximum Gasteiger partial charge on any atom is 0.325 e. The fourth-order valence-corrected chi connectivity index (χ4v) is 5.26. The van der Waals surface area contributed by atoms with Gasteiger partial charge < -0.3 is 14.2 Å². The fraction of sp³-hybridized carbons (Fsp3) is 0.435. The van der Waals surface area contributed by atoms with E-state index in [9.17, 15) is 14.4 Å². The summed E-state index contributed by atoms with van der Waals surface area (Å²) < 4.78 is 15.1. The summed E-state index contributed by atoms with van der Waals surface area (Å²) in [7, 11) is 3.97. The summed E-state index contributed by atoms with van der Waals surface area (Å²) in [5, 5.41) is 2.05. The van der Waals surface area contributed by atoms with Crippen LogP contribution in [0.3, 0.4) is 0 Å². The second-order valence-electron chi connectivity index (χ2n) is 7.87. The SMILES string of the molecule is COC(=O)C[C@@H]1CN2CCC(C(=O)OC)(C(=O)OC)[C@H]2c2ccc3ccccc3c21. The Morgan fingerprint density at radius 3 is 2.37 bits per heavy atom. The van der Waals surface area contributed by atoms with E-state index in [2.05, 4.69) is 4.90 Å². The highest BCUT2D eigenvalue weighted by Gasteiger charge is 2.62. The number of esters is 3. The van der Waals surface area contributed by atoms with E-state index in [0.29, 0.717) is 19.5 Å². The van der Waals surface area contributed by atoms with Crippen LogP contribution >= 0.6 is 0 Å². The molecule has 7 nitrogen and oxygen atoms in total. The minimum atomic E-state index is -1.43. The van der Waals surface area contributed by atoms with E-state index >= 15 is 0 Å². The molecule has 0 spiro atoms. The average molecular weight is 411 g/mol. The third-order valence-electron chi connectivity index (χ3n) is 6.53. The van der Waals surface area contributed by atoms with Gasteiger partial charge in [0.2, 0.25) is 0 Å². The molecule has 0 unspecified atom stereocenters. The lowest BCUT2D eigenvalue weighted by Crippen LogP contribution is -2.48. The first-order valence-corrected chi connectivity index (χ1v) is 9.97. The smallest absolute Gasteiger partial charge is 0.325 e. The van der Waals surface area contributed by atoms with E-state index < -0.39 is 23.4 Å². The van der Waals surface area contributed by atoms with Crippen LogP contribution in [-0.4, -0.2) is 57.2 Å². The largest absolute Gasteiger partial charge is 0.469 e. The van der Waals surface area contributed by atoms with Crippen molar-refractivity contribution in [3.8, 4) is 0 Å². The third-order valence-corrected chi connectivity index (χ3v) is 6.53. The number of hydrogen-bond acceptors (Lipinski definition) is 7. The number of benzene rings is 2. The van der Waals surface area contributed by atoms with Crippen molar-refractivity contribution in [2.45, 2.75) is 24.8 Å². The maximum absolute atomic E-state index is 12.9. The minimum absolute atomic E-state index is 0.110. The van der Waals surface area contributed by atoms with Gasteiger partial charge in [0.1, 0.15) is 0 Å². The quantitative estimate of drug-likeness (QED) is 0.434. The number of methoxy groups -OCH3 is 3. The maximum atomic E-state index is 12.9. The van der Waals surface area contributed by atoms with Gasteiger partial charge in [0.05, 0.1) is 33.8 Å². The molecule has 2 heterocycles. The second-order valence-corrected chi connectivity index (χ2v) is 7.87. The summed E-state index contributed by atoms with van der Waals surface area (Å²) in [6.45, 7) is 1.06. The van der Waals surface area contributed by atoms with E-state index in [1.807, 2.05) is 36.4 Å². The van der Waals surface area contributed by atoms with E-state index in [1.54, 1.807) is 0 Å². The lowest BCUT2D eigenvalue weighted by molar-refractivity contribution is -0.171. The zero-order valence-corrected chi connectivity index (χ0v) is 17.3. The van der Waals surface area contributed by atoms with Crippen molar-refractivity contribution in [2.24, 2.45) is 5.41 Å². The highest BCUT2D eigenvalue weighted by molar-refractivity contribution is 6.02. The Morgan fingerprint density at radius 1 is 1.00 bits per heavy atom.